The van der Waals surface area contributed by atoms with E-state index < -0.39 is 5.60 Å². The highest BCUT2D eigenvalue weighted by Crippen LogP contribution is 2.57. The molecule has 168 valence electrons. The third-order valence-electron chi connectivity index (χ3n) is 7.85. The van der Waals surface area contributed by atoms with E-state index in [-0.39, 0.29) is 5.41 Å². The first kappa shape index (κ1) is 20.3. The van der Waals surface area contributed by atoms with Crippen molar-refractivity contribution in [3.05, 3.63) is 143 Å². The van der Waals surface area contributed by atoms with Crippen molar-refractivity contribution < 1.29 is 4.74 Å². The zero-order valence-electron chi connectivity index (χ0n) is 20.0. The Hall–Kier alpha value is -4.10. The SMILES string of the molecule is CC1(C)c2ccccc2-c2c1c1c(c3ccccc23)OC(c2ccccc2)(c2ccccc2)C=C1. The van der Waals surface area contributed by atoms with Crippen LogP contribution in [0.25, 0.3) is 28.0 Å². The van der Waals surface area contributed by atoms with E-state index in [4.69, 9.17) is 4.74 Å². The maximum absolute atomic E-state index is 7.24. The van der Waals surface area contributed by atoms with E-state index in [0.717, 1.165) is 22.3 Å². The number of fused-ring (bicyclic) bond motifs is 8. The van der Waals surface area contributed by atoms with Crippen molar-refractivity contribution in [2.24, 2.45) is 0 Å². The van der Waals surface area contributed by atoms with Crippen LogP contribution < -0.4 is 4.74 Å². The molecule has 0 aromatic heterocycles. The lowest BCUT2D eigenvalue weighted by Gasteiger charge is -2.38. The number of benzene rings is 5. The molecule has 7 rings (SSSR count). The summed E-state index contributed by atoms with van der Waals surface area (Å²) in [7, 11) is 0. The van der Waals surface area contributed by atoms with Crippen molar-refractivity contribution in [2.75, 3.05) is 0 Å². The molecule has 0 bridgehead atoms. The van der Waals surface area contributed by atoms with Crippen LogP contribution in [0.5, 0.6) is 5.75 Å². The lowest BCUT2D eigenvalue weighted by atomic mass is 9.77. The van der Waals surface area contributed by atoms with Crippen LogP contribution in [0.2, 0.25) is 0 Å². The minimum atomic E-state index is -0.692. The fraction of sp³-hybridized carbons (Fsp3) is 0.118. The van der Waals surface area contributed by atoms with Crippen molar-refractivity contribution in [3.63, 3.8) is 0 Å². The van der Waals surface area contributed by atoms with Gasteiger partial charge < -0.3 is 4.74 Å². The van der Waals surface area contributed by atoms with Crippen LogP contribution in [0.4, 0.5) is 0 Å². The Kier molecular flexibility index (Phi) is 4.17. The van der Waals surface area contributed by atoms with Crippen LogP contribution in [-0.2, 0) is 11.0 Å². The van der Waals surface area contributed by atoms with Crippen molar-refractivity contribution >= 4 is 16.8 Å². The fourth-order valence-electron chi connectivity index (χ4n) is 6.25. The molecule has 0 atom stereocenters. The Morgan fingerprint density at radius 1 is 0.600 bits per heavy atom. The summed E-state index contributed by atoms with van der Waals surface area (Å²) in [6.07, 6.45) is 4.58. The van der Waals surface area contributed by atoms with Crippen molar-refractivity contribution in [1.82, 2.24) is 0 Å². The molecule has 0 amide bonds. The van der Waals surface area contributed by atoms with Gasteiger partial charge in [-0.1, -0.05) is 129 Å². The zero-order valence-corrected chi connectivity index (χ0v) is 20.0. The van der Waals surface area contributed by atoms with E-state index >= 15 is 0 Å². The second-order valence-corrected chi connectivity index (χ2v) is 10.1. The average Bonchev–Trinajstić information content (AvgIpc) is 3.17. The third kappa shape index (κ3) is 2.70. The Morgan fingerprint density at radius 3 is 1.86 bits per heavy atom. The number of ether oxygens (including phenoxy) is 1. The Labute approximate surface area is 206 Å². The quantitative estimate of drug-likeness (QED) is 0.262. The smallest absolute Gasteiger partial charge is 0.178 e. The van der Waals surface area contributed by atoms with Gasteiger partial charge in [-0.05, 0) is 33.7 Å². The number of rotatable bonds is 2. The molecule has 1 heteroatoms. The van der Waals surface area contributed by atoms with E-state index in [1.807, 2.05) is 0 Å². The summed E-state index contributed by atoms with van der Waals surface area (Å²) in [5.41, 5.74) is 8.06. The summed E-state index contributed by atoms with van der Waals surface area (Å²) in [5, 5.41) is 2.42. The molecule has 0 saturated heterocycles. The van der Waals surface area contributed by atoms with Gasteiger partial charge in [0.05, 0.1) is 0 Å². The molecule has 1 nitrogen and oxygen atoms in total. The van der Waals surface area contributed by atoms with Gasteiger partial charge in [-0.3, -0.25) is 0 Å². The van der Waals surface area contributed by atoms with Gasteiger partial charge >= 0.3 is 0 Å². The fourth-order valence-corrected chi connectivity index (χ4v) is 6.25. The maximum atomic E-state index is 7.24. The van der Waals surface area contributed by atoms with E-state index in [9.17, 15) is 0 Å². The minimum absolute atomic E-state index is 0.118. The summed E-state index contributed by atoms with van der Waals surface area (Å²) < 4.78 is 7.24. The minimum Gasteiger partial charge on any atom is -0.472 e. The molecule has 1 aliphatic heterocycles. The van der Waals surface area contributed by atoms with Gasteiger partial charge in [0.25, 0.3) is 0 Å². The highest BCUT2D eigenvalue weighted by Gasteiger charge is 2.43. The van der Waals surface area contributed by atoms with Gasteiger partial charge in [0, 0.05) is 27.5 Å². The second-order valence-electron chi connectivity index (χ2n) is 10.1. The molecule has 0 fully saturated rings. The zero-order chi connectivity index (χ0) is 23.6. The Balaban J connectivity index is 1.58. The first-order valence-corrected chi connectivity index (χ1v) is 12.3. The van der Waals surface area contributed by atoms with Crippen LogP contribution >= 0.6 is 0 Å². The molecule has 1 aliphatic carbocycles. The molecule has 1 heterocycles. The van der Waals surface area contributed by atoms with Crippen LogP contribution in [0.1, 0.15) is 41.7 Å². The predicted octanol–water partition coefficient (Wildman–Crippen LogP) is 8.50. The highest BCUT2D eigenvalue weighted by atomic mass is 16.5. The number of hydrogen-bond donors (Lipinski definition) is 0. The highest BCUT2D eigenvalue weighted by molar-refractivity contribution is 6.08. The van der Waals surface area contributed by atoms with Crippen molar-refractivity contribution in [2.45, 2.75) is 24.9 Å². The normalized spacial score (nSPS) is 16.3. The van der Waals surface area contributed by atoms with E-state index in [0.29, 0.717) is 0 Å². The lowest BCUT2D eigenvalue weighted by Crippen LogP contribution is -2.35. The summed E-state index contributed by atoms with van der Waals surface area (Å²) in [5.74, 6) is 0.968. The summed E-state index contributed by atoms with van der Waals surface area (Å²) in [6, 6.07) is 38.7. The monoisotopic (exact) mass is 450 g/mol. The van der Waals surface area contributed by atoms with Gasteiger partial charge in [-0.2, -0.15) is 0 Å². The molecule has 0 saturated carbocycles. The van der Waals surface area contributed by atoms with Gasteiger partial charge in [-0.25, -0.2) is 0 Å². The van der Waals surface area contributed by atoms with Gasteiger partial charge in [0.15, 0.2) is 5.60 Å². The van der Waals surface area contributed by atoms with Crippen LogP contribution in [-0.4, -0.2) is 0 Å². The molecule has 0 unspecified atom stereocenters. The van der Waals surface area contributed by atoms with Gasteiger partial charge in [0.2, 0.25) is 0 Å². The van der Waals surface area contributed by atoms with Crippen molar-refractivity contribution in [3.8, 4) is 16.9 Å². The largest absolute Gasteiger partial charge is 0.472 e. The van der Waals surface area contributed by atoms with Gasteiger partial charge in [-0.15, -0.1) is 0 Å². The Morgan fingerprint density at radius 2 is 1.17 bits per heavy atom. The van der Waals surface area contributed by atoms with Crippen molar-refractivity contribution in [1.29, 1.82) is 0 Å². The molecule has 35 heavy (non-hydrogen) atoms. The lowest BCUT2D eigenvalue weighted by molar-refractivity contribution is 0.163. The maximum Gasteiger partial charge on any atom is 0.178 e. The summed E-state index contributed by atoms with van der Waals surface area (Å²) in [6.45, 7) is 4.69. The summed E-state index contributed by atoms with van der Waals surface area (Å²) >= 11 is 0. The molecule has 0 N–H and O–H groups in total. The molecule has 0 radical (unpaired) electrons. The number of hydrogen-bond acceptors (Lipinski definition) is 1. The molecule has 0 spiro atoms. The first-order valence-electron chi connectivity index (χ1n) is 12.3. The van der Waals surface area contributed by atoms with E-state index in [1.165, 1.54) is 33.2 Å². The van der Waals surface area contributed by atoms with Crippen LogP contribution in [0, 0.1) is 0 Å². The third-order valence-corrected chi connectivity index (χ3v) is 7.85. The standard InChI is InChI=1S/C34H26O/c1-33(2)29-20-12-11-19-27(29)30-25-17-9-10-18-26(25)32-28(31(30)33)21-22-34(35-32,23-13-5-3-6-14-23)24-15-7-4-8-16-24/h3-22H,1-2H3. The molecule has 5 aromatic carbocycles. The van der Waals surface area contributed by atoms with E-state index in [2.05, 4.69) is 135 Å². The predicted molar refractivity (Wildman–Crippen MR) is 145 cm³/mol. The Bertz CT molecular complexity index is 1590. The van der Waals surface area contributed by atoms with Gasteiger partial charge in [0.1, 0.15) is 5.75 Å². The molecule has 5 aromatic rings. The van der Waals surface area contributed by atoms with Crippen LogP contribution in [0.15, 0.2) is 115 Å². The second kappa shape index (κ2) is 7.20. The van der Waals surface area contributed by atoms with Crippen LogP contribution in [0.3, 0.4) is 0 Å². The first-order chi connectivity index (χ1) is 17.1. The average molecular weight is 451 g/mol. The van der Waals surface area contributed by atoms with E-state index in [1.54, 1.807) is 0 Å². The molecular formula is C34H26O. The molecular weight excluding hydrogens is 424 g/mol. The molecule has 2 aliphatic rings. The topological polar surface area (TPSA) is 9.23 Å². The summed E-state index contributed by atoms with van der Waals surface area (Å²) in [4.78, 5) is 0.